The lowest BCUT2D eigenvalue weighted by atomic mass is 9.70. The van der Waals surface area contributed by atoms with Gasteiger partial charge in [0.1, 0.15) is 0 Å². The van der Waals surface area contributed by atoms with Crippen molar-refractivity contribution in [1.29, 1.82) is 0 Å². The molecule has 0 radical (unpaired) electrons. The summed E-state index contributed by atoms with van der Waals surface area (Å²) in [6.07, 6.45) is 4.05. The van der Waals surface area contributed by atoms with Crippen LogP contribution in [-0.2, 0) is 5.41 Å². The highest BCUT2D eigenvalue weighted by Crippen LogP contribution is 2.37. The van der Waals surface area contributed by atoms with Gasteiger partial charge >= 0.3 is 0 Å². The van der Waals surface area contributed by atoms with Crippen molar-refractivity contribution in [3.8, 4) is 0 Å². The van der Waals surface area contributed by atoms with Crippen molar-refractivity contribution >= 4 is 0 Å². The Labute approximate surface area is 139 Å². The third-order valence-corrected chi connectivity index (χ3v) is 5.33. The number of hydrogen-bond donors (Lipinski definition) is 2. The maximum Gasteiger partial charge on any atom is 0.0689 e. The molecule has 2 N–H and O–H groups in total. The second-order valence-electron chi connectivity index (χ2n) is 6.83. The van der Waals surface area contributed by atoms with Gasteiger partial charge in [-0.3, -0.25) is 0 Å². The van der Waals surface area contributed by atoms with E-state index in [0.717, 1.165) is 19.4 Å². The van der Waals surface area contributed by atoms with Crippen molar-refractivity contribution in [1.82, 2.24) is 5.32 Å². The molecule has 122 valence electrons. The van der Waals surface area contributed by atoms with Crippen LogP contribution in [0.25, 0.3) is 0 Å². The molecule has 0 amide bonds. The summed E-state index contributed by atoms with van der Waals surface area (Å²) in [6.45, 7) is 3.25. The number of aliphatic hydroxyl groups excluding tert-OH is 1. The van der Waals surface area contributed by atoms with Gasteiger partial charge in [0.15, 0.2) is 0 Å². The highest BCUT2D eigenvalue weighted by Gasteiger charge is 2.37. The summed E-state index contributed by atoms with van der Waals surface area (Å²) < 4.78 is 0. The summed E-state index contributed by atoms with van der Waals surface area (Å²) in [6, 6.07) is 21.2. The molecule has 2 aromatic rings. The molecule has 1 aliphatic heterocycles. The zero-order chi connectivity index (χ0) is 16.1. The number of rotatable bonds is 5. The van der Waals surface area contributed by atoms with E-state index in [0.29, 0.717) is 6.04 Å². The van der Waals surface area contributed by atoms with Gasteiger partial charge in [0.25, 0.3) is 0 Å². The highest BCUT2D eigenvalue weighted by molar-refractivity contribution is 5.40. The molecule has 2 nitrogen and oxygen atoms in total. The van der Waals surface area contributed by atoms with Crippen LogP contribution in [0.4, 0.5) is 0 Å². The molecule has 0 aliphatic carbocycles. The molecule has 0 spiro atoms. The van der Waals surface area contributed by atoms with Gasteiger partial charge in [-0.05, 0) is 43.9 Å². The number of hydrogen-bond acceptors (Lipinski definition) is 2. The molecule has 2 aromatic carbocycles. The van der Waals surface area contributed by atoms with Gasteiger partial charge in [0.2, 0.25) is 0 Å². The van der Waals surface area contributed by atoms with Crippen LogP contribution in [0.15, 0.2) is 60.7 Å². The largest absolute Gasteiger partial charge is 0.392 e. The molecule has 23 heavy (non-hydrogen) atoms. The molecule has 0 saturated carbocycles. The Bertz CT molecular complexity index is 550. The molecule has 2 heteroatoms. The van der Waals surface area contributed by atoms with E-state index in [-0.39, 0.29) is 5.41 Å². The lowest BCUT2D eigenvalue weighted by molar-refractivity contribution is 0.0864. The Kier molecular flexibility index (Phi) is 5.14. The Morgan fingerprint density at radius 2 is 1.57 bits per heavy atom. The minimum absolute atomic E-state index is 0.387. The predicted octanol–water partition coefficient (Wildman–Crippen LogP) is 3.89. The second kappa shape index (κ2) is 7.29. The van der Waals surface area contributed by atoms with E-state index in [1.807, 2.05) is 12.1 Å². The first kappa shape index (κ1) is 16.2. The zero-order valence-corrected chi connectivity index (χ0v) is 13.9. The van der Waals surface area contributed by atoms with Gasteiger partial charge in [-0.2, -0.15) is 0 Å². The van der Waals surface area contributed by atoms with Crippen LogP contribution >= 0.6 is 0 Å². The summed E-state index contributed by atoms with van der Waals surface area (Å²) >= 11 is 0. The monoisotopic (exact) mass is 309 g/mol. The summed E-state index contributed by atoms with van der Waals surface area (Å²) in [4.78, 5) is 0. The maximum absolute atomic E-state index is 11.2. The molecule has 0 bridgehead atoms. The quantitative estimate of drug-likeness (QED) is 0.878. The van der Waals surface area contributed by atoms with Crippen molar-refractivity contribution in [3.63, 3.8) is 0 Å². The van der Waals surface area contributed by atoms with E-state index in [4.69, 9.17) is 0 Å². The molecule has 2 unspecified atom stereocenters. The van der Waals surface area contributed by atoms with Crippen molar-refractivity contribution in [2.24, 2.45) is 0 Å². The molecule has 1 heterocycles. The van der Waals surface area contributed by atoms with Crippen LogP contribution in [0.3, 0.4) is 0 Å². The molecule has 2 atom stereocenters. The third-order valence-electron chi connectivity index (χ3n) is 5.33. The summed E-state index contributed by atoms with van der Waals surface area (Å²) in [5, 5.41) is 14.8. The van der Waals surface area contributed by atoms with Crippen LogP contribution < -0.4 is 5.32 Å². The van der Waals surface area contributed by atoms with Crippen LogP contribution in [0.1, 0.15) is 43.7 Å². The topological polar surface area (TPSA) is 32.3 Å². The van der Waals surface area contributed by atoms with Crippen molar-refractivity contribution in [2.45, 2.75) is 50.2 Å². The summed E-state index contributed by atoms with van der Waals surface area (Å²) in [5.74, 6) is 0. The fourth-order valence-corrected chi connectivity index (χ4v) is 3.75. The van der Waals surface area contributed by atoms with Gasteiger partial charge in [0.05, 0.1) is 6.10 Å². The zero-order valence-electron chi connectivity index (χ0n) is 13.9. The molecular formula is C21H27NO. The number of benzene rings is 2. The molecule has 0 aromatic heterocycles. The smallest absolute Gasteiger partial charge is 0.0689 e. The molecule has 1 fully saturated rings. The average Bonchev–Trinajstić information content (AvgIpc) is 2.63. The number of piperidine rings is 1. The standard InChI is InChI=1S/C21H27NO/c1-21(17-10-4-2-5-11-17,18-12-6-3-7-13-18)20(23)16-19-14-8-9-15-22-19/h2-7,10-13,19-20,22-23H,8-9,14-16H2,1H3. The minimum Gasteiger partial charge on any atom is -0.392 e. The van der Waals surface area contributed by atoms with Crippen molar-refractivity contribution in [2.75, 3.05) is 6.54 Å². The van der Waals surface area contributed by atoms with E-state index in [2.05, 4.69) is 60.8 Å². The van der Waals surface area contributed by atoms with Gasteiger partial charge in [-0.25, -0.2) is 0 Å². The highest BCUT2D eigenvalue weighted by atomic mass is 16.3. The normalized spacial score (nSPS) is 20.2. The Morgan fingerprint density at radius 1 is 1.00 bits per heavy atom. The number of aliphatic hydroxyl groups is 1. The SMILES string of the molecule is CC(c1ccccc1)(c1ccccc1)C(O)CC1CCCCN1. The summed E-state index contributed by atoms with van der Waals surface area (Å²) in [5.41, 5.74) is 1.96. The second-order valence-corrected chi connectivity index (χ2v) is 6.83. The average molecular weight is 309 g/mol. The fraction of sp³-hybridized carbons (Fsp3) is 0.429. The van der Waals surface area contributed by atoms with Gasteiger partial charge in [-0.15, -0.1) is 0 Å². The first-order valence-corrected chi connectivity index (χ1v) is 8.74. The molecular weight excluding hydrogens is 282 g/mol. The Morgan fingerprint density at radius 3 is 2.04 bits per heavy atom. The van der Waals surface area contributed by atoms with E-state index >= 15 is 0 Å². The van der Waals surface area contributed by atoms with Gasteiger partial charge in [0, 0.05) is 11.5 Å². The lowest BCUT2D eigenvalue weighted by Crippen LogP contribution is -2.44. The van der Waals surface area contributed by atoms with E-state index in [1.165, 1.54) is 24.0 Å². The molecule has 1 aliphatic rings. The van der Waals surface area contributed by atoms with E-state index in [9.17, 15) is 5.11 Å². The molecule has 1 saturated heterocycles. The van der Waals surface area contributed by atoms with Crippen LogP contribution in [0.2, 0.25) is 0 Å². The third kappa shape index (κ3) is 3.49. The predicted molar refractivity (Wildman–Crippen MR) is 95.6 cm³/mol. The lowest BCUT2D eigenvalue weighted by Gasteiger charge is -2.38. The van der Waals surface area contributed by atoms with Gasteiger partial charge in [-0.1, -0.05) is 67.1 Å². The Balaban J connectivity index is 1.91. The Hall–Kier alpha value is -1.64. The summed E-state index contributed by atoms with van der Waals surface area (Å²) in [7, 11) is 0. The van der Waals surface area contributed by atoms with E-state index < -0.39 is 6.10 Å². The van der Waals surface area contributed by atoms with E-state index in [1.54, 1.807) is 0 Å². The van der Waals surface area contributed by atoms with Gasteiger partial charge < -0.3 is 10.4 Å². The fourth-order valence-electron chi connectivity index (χ4n) is 3.75. The van der Waals surface area contributed by atoms with Crippen molar-refractivity contribution < 1.29 is 5.11 Å². The maximum atomic E-state index is 11.2. The van der Waals surface area contributed by atoms with Crippen LogP contribution in [0.5, 0.6) is 0 Å². The minimum atomic E-state index is -0.414. The first-order valence-electron chi connectivity index (χ1n) is 8.74. The van der Waals surface area contributed by atoms with Crippen molar-refractivity contribution in [3.05, 3.63) is 71.8 Å². The van der Waals surface area contributed by atoms with Crippen LogP contribution in [-0.4, -0.2) is 23.8 Å². The van der Waals surface area contributed by atoms with Crippen LogP contribution in [0, 0.1) is 0 Å². The molecule has 3 rings (SSSR count). The number of nitrogens with one attached hydrogen (secondary N) is 1. The first-order chi connectivity index (χ1) is 11.2.